The first-order chi connectivity index (χ1) is 7.79. The fourth-order valence-corrected chi connectivity index (χ4v) is 1.46. The molecule has 1 aromatic heterocycles. The Morgan fingerprint density at radius 1 is 1.56 bits per heavy atom. The molecule has 4 heteroatoms. The molecule has 1 saturated carbocycles. The zero-order valence-electron chi connectivity index (χ0n) is 9.52. The maximum Gasteiger partial charge on any atom is 0.196 e. The molecule has 0 saturated heterocycles. The summed E-state index contributed by atoms with van der Waals surface area (Å²) in [4.78, 5) is 12.4. The lowest BCUT2D eigenvalue weighted by Crippen LogP contribution is -2.22. The van der Waals surface area contributed by atoms with Gasteiger partial charge >= 0.3 is 0 Å². The summed E-state index contributed by atoms with van der Waals surface area (Å²) in [6.45, 7) is 2.36. The Bertz CT molecular complexity index is 344. The summed E-state index contributed by atoms with van der Waals surface area (Å²) in [5.74, 6) is 1.87. The first kappa shape index (κ1) is 11.2. The lowest BCUT2D eigenvalue weighted by molar-refractivity contribution is 0.110. The topological polar surface area (TPSA) is 42.7 Å². The molecule has 1 fully saturated rings. The van der Waals surface area contributed by atoms with Gasteiger partial charge in [-0.2, -0.15) is 0 Å². The Kier molecular flexibility index (Phi) is 3.62. The number of carbonyl (C=O) groups excluding carboxylic acids is 1. The standard InChI is InChI=1S/C12H17NO3/c1-13(6-7-15-9-10-2-3-10)12-5-4-11(8-14)16-12/h4-5,8,10H,2-3,6-7,9H2,1H3. The first-order valence-corrected chi connectivity index (χ1v) is 5.63. The first-order valence-electron chi connectivity index (χ1n) is 5.63. The van der Waals surface area contributed by atoms with E-state index in [1.54, 1.807) is 12.1 Å². The van der Waals surface area contributed by atoms with Gasteiger partial charge in [0.1, 0.15) is 0 Å². The normalized spacial score (nSPS) is 15.1. The number of aldehydes is 1. The van der Waals surface area contributed by atoms with Crippen molar-refractivity contribution >= 4 is 12.2 Å². The Balaban J connectivity index is 1.69. The van der Waals surface area contributed by atoms with Crippen LogP contribution in [0.2, 0.25) is 0 Å². The van der Waals surface area contributed by atoms with E-state index in [9.17, 15) is 4.79 Å². The van der Waals surface area contributed by atoms with Crippen molar-refractivity contribution in [1.29, 1.82) is 0 Å². The quantitative estimate of drug-likeness (QED) is 0.523. The minimum Gasteiger partial charge on any atom is -0.438 e. The molecule has 4 nitrogen and oxygen atoms in total. The molecular weight excluding hydrogens is 206 g/mol. The van der Waals surface area contributed by atoms with Crippen molar-refractivity contribution in [1.82, 2.24) is 0 Å². The predicted molar refractivity (Wildman–Crippen MR) is 60.9 cm³/mol. The molecule has 16 heavy (non-hydrogen) atoms. The molecule has 1 aliphatic carbocycles. The summed E-state index contributed by atoms with van der Waals surface area (Å²) in [6.07, 6.45) is 3.34. The van der Waals surface area contributed by atoms with Crippen LogP contribution in [0.25, 0.3) is 0 Å². The minimum atomic E-state index is 0.362. The van der Waals surface area contributed by atoms with E-state index in [2.05, 4.69) is 0 Å². The third-order valence-corrected chi connectivity index (χ3v) is 2.73. The zero-order valence-corrected chi connectivity index (χ0v) is 9.52. The van der Waals surface area contributed by atoms with Crippen molar-refractivity contribution < 1.29 is 13.9 Å². The second kappa shape index (κ2) is 5.16. The SMILES string of the molecule is CN(CCOCC1CC1)c1ccc(C=O)o1. The van der Waals surface area contributed by atoms with E-state index < -0.39 is 0 Å². The van der Waals surface area contributed by atoms with Crippen LogP contribution in [-0.2, 0) is 4.74 Å². The molecule has 0 spiro atoms. The largest absolute Gasteiger partial charge is 0.438 e. The molecule has 88 valence electrons. The van der Waals surface area contributed by atoms with E-state index >= 15 is 0 Å². The molecule has 0 amide bonds. The number of likely N-dealkylation sites (N-methyl/N-ethyl adjacent to an activating group) is 1. The van der Waals surface area contributed by atoms with Crippen molar-refractivity contribution in [2.45, 2.75) is 12.8 Å². The van der Waals surface area contributed by atoms with E-state index in [0.29, 0.717) is 24.5 Å². The zero-order chi connectivity index (χ0) is 11.4. The summed E-state index contributed by atoms with van der Waals surface area (Å²) < 4.78 is 10.8. The minimum absolute atomic E-state index is 0.362. The number of carbonyl (C=O) groups is 1. The Morgan fingerprint density at radius 2 is 2.38 bits per heavy atom. The molecule has 1 aliphatic rings. The van der Waals surface area contributed by atoms with E-state index in [-0.39, 0.29) is 0 Å². The summed E-state index contributed by atoms with van der Waals surface area (Å²) in [7, 11) is 1.92. The average molecular weight is 223 g/mol. The van der Waals surface area contributed by atoms with E-state index in [1.807, 2.05) is 11.9 Å². The highest BCUT2D eigenvalue weighted by molar-refractivity contribution is 5.71. The monoisotopic (exact) mass is 223 g/mol. The highest BCUT2D eigenvalue weighted by Crippen LogP contribution is 2.28. The number of ether oxygens (including phenoxy) is 1. The van der Waals surface area contributed by atoms with E-state index in [1.165, 1.54) is 12.8 Å². The molecule has 1 heterocycles. The number of hydrogen-bond donors (Lipinski definition) is 0. The lowest BCUT2D eigenvalue weighted by Gasteiger charge is -2.15. The van der Waals surface area contributed by atoms with Crippen LogP contribution < -0.4 is 4.90 Å². The van der Waals surface area contributed by atoms with Gasteiger partial charge in [-0.1, -0.05) is 0 Å². The average Bonchev–Trinajstić information content (AvgIpc) is 2.99. The van der Waals surface area contributed by atoms with Gasteiger partial charge in [0.15, 0.2) is 17.9 Å². The van der Waals surface area contributed by atoms with Gasteiger partial charge in [0.2, 0.25) is 0 Å². The van der Waals surface area contributed by atoms with Crippen molar-refractivity contribution in [3.63, 3.8) is 0 Å². The van der Waals surface area contributed by atoms with Crippen molar-refractivity contribution in [2.75, 3.05) is 31.7 Å². The Labute approximate surface area is 95.2 Å². The van der Waals surface area contributed by atoms with Gasteiger partial charge in [-0.15, -0.1) is 0 Å². The maximum atomic E-state index is 10.4. The molecule has 0 aliphatic heterocycles. The molecule has 2 rings (SSSR count). The lowest BCUT2D eigenvalue weighted by atomic mass is 10.4. The maximum absolute atomic E-state index is 10.4. The summed E-state index contributed by atoms with van der Waals surface area (Å²) in [5.41, 5.74) is 0. The number of nitrogens with zero attached hydrogens (tertiary/aromatic N) is 1. The highest BCUT2D eigenvalue weighted by atomic mass is 16.5. The van der Waals surface area contributed by atoms with Crippen LogP contribution in [-0.4, -0.2) is 33.1 Å². The van der Waals surface area contributed by atoms with Crippen LogP contribution in [0.4, 0.5) is 5.88 Å². The van der Waals surface area contributed by atoms with Crippen LogP contribution in [0.15, 0.2) is 16.5 Å². The summed E-state index contributed by atoms with van der Waals surface area (Å²) in [6, 6.07) is 3.47. The smallest absolute Gasteiger partial charge is 0.196 e. The van der Waals surface area contributed by atoms with Gasteiger partial charge in [-0.3, -0.25) is 4.79 Å². The van der Waals surface area contributed by atoms with Gasteiger partial charge in [-0.05, 0) is 24.8 Å². The summed E-state index contributed by atoms with van der Waals surface area (Å²) >= 11 is 0. The van der Waals surface area contributed by atoms with Crippen molar-refractivity contribution in [2.24, 2.45) is 5.92 Å². The van der Waals surface area contributed by atoms with Crippen LogP contribution in [0.5, 0.6) is 0 Å². The Hall–Kier alpha value is -1.29. The number of furan rings is 1. The number of anilines is 1. The van der Waals surface area contributed by atoms with Crippen molar-refractivity contribution in [3.8, 4) is 0 Å². The third-order valence-electron chi connectivity index (χ3n) is 2.73. The molecule has 0 bridgehead atoms. The van der Waals surface area contributed by atoms with Gasteiger partial charge < -0.3 is 14.1 Å². The van der Waals surface area contributed by atoms with Gasteiger partial charge in [0.05, 0.1) is 6.61 Å². The number of rotatable bonds is 7. The molecule has 0 aromatic carbocycles. The van der Waals surface area contributed by atoms with Gasteiger partial charge in [0.25, 0.3) is 0 Å². The Morgan fingerprint density at radius 3 is 3.00 bits per heavy atom. The van der Waals surface area contributed by atoms with Crippen LogP contribution >= 0.6 is 0 Å². The third kappa shape index (κ3) is 3.10. The fraction of sp³-hybridized carbons (Fsp3) is 0.583. The van der Waals surface area contributed by atoms with E-state index in [4.69, 9.17) is 9.15 Å². The second-order valence-electron chi connectivity index (χ2n) is 4.23. The predicted octanol–water partition coefficient (Wildman–Crippen LogP) is 1.95. The molecular formula is C12H17NO3. The van der Waals surface area contributed by atoms with Gasteiger partial charge in [-0.25, -0.2) is 0 Å². The summed E-state index contributed by atoms with van der Waals surface area (Å²) in [5, 5.41) is 0. The molecule has 0 unspecified atom stereocenters. The van der Waals surface area contributed by atoms with Gasteiger partial charge in [0, 0.05) is 26.3 Å². The van der Waals surface area contributed by atoms with E-state index in [0.717, 1.165) is 19.1 Å². The number of hydrogen-bond acceptors (Lipinski definition) is 4. The molecule has 0 atom stereocenters. The van der Waals surface area contributed by atoms with Crippen LogP contribution in [0.1, 0.15) is 23.4 Å². The van der Waals surface area contributed by atoms with Crippen LogP contribution in [0, 0.1) is 5.92 Å². The van der Waals surface area contributed by atoms with Crippen molar-refractivity contribution in [3.05, 3.63) is 17.9 Å². The highest BCUT2D eigenvalue weighted by Gasteiger charge is 2.21. The van der Waals surface area contributed by atoms with Crippen LogP contribution in [0.3, 0.4) is 0 Å². The second-order valence-corrected chi connectivity index (χ2v) is 4.23. The molecule has 0 N–H and O–H groups in total. The molecule has 1 aromatic rings. The molecule has 0 radical (unpaired) electrons. The fourth-order valence-electron chi connectivity index (χ4n) is 1.46.